The molecule has 0 aliphatic rings. The fraction of sp³-hybridized carbons (Fsp3) is 0.100. The molecule has 2 N–H and O–H groups in total. The Morgan fingerprint density at radius 3 is 2.62 bits per heavy atom. The number of rotatable bonds is 1. The largest absolute Gasteiger partial charge is 0.505 e. The van der Waals surface area contributed by atoms with Crippen LogP contribution in [0.2, 0.25) is 10.0 Å². The monoisotopic (exact) mass is 259 g/mol. The first-order valence-electron chi connectivity index (χ1n) is 4.32. The molecule has 0 bridgehead atoms. The van der Waals surface area contributed by atoms with Crippen molar-refractivity contribution < 1.29 is 14.6 Å². The molecule has 2 aromatic rings. The van der Waals surface area contributed by atoms with E-state index in [0.717, 1.165) is 0 Å². The minimum Gasteiger partial charge on any atom is -0.505 e. The van der Waals surface area contributed by atoms with Crippen molar-refractivity contribution in [1.29, 1.82) is 0 Å². The van der Waals surface area contributed by atoms with Gasteiger partial charge in [-0.25, -0.2) is 4.79 Å². The van der Waals surface area contributed by atoms with Gasteiger partial charge in [-0.15, -0.1) is 0 Å². The lowest BCUT2D eigenvalue weighted by molar-refractivity contribution is 0.0592. The van der Waals surface area contributed by atoms with Gasteiger partial charge in [-0.2, -0.15) is 0 Å². The number of H-pyrrole nitrogens is 1. The van der Waals surface area contributed by atoms with Crippen molar-refractivity contribution in [3.8, 4) is 5.75 Å². The first-order chi connectivity index (χ1) is 7.54. The lowest BCUT2D eigenvalue weighted by Gasteiger charge is -1.96. The maximum absolute atomic E-state index is 11.3. The molecule has 0 fully saturated rings. The van der Waals surface area contributed by atoms with Gasteiger partial charge >= 0.3 is 5.97 Å². The second kappa shape index (κ2) is 3.88. The molecule has 0 radical (unpaired) electrons. The predicted molar refractivity (Wildman–Crippen MR) is 61.3 cm³/mol. The van der Waals surface area contributed by atoms with Crippen LogP contribution in [0.25, 0.3) is 10.9 Å². The standard InChI is InChI=1S/C10H7Cl2NO3/c1-16-10(15)8-9(14)4-2-5(11)6(12)3-7(4)13-8/h2-3,13-14H,1H3. The molecule has 0 spiro atoms. The topological polar surface area (TPSA) is 62.3 Å². The van der Waals surface area contributed by atoms with E-state index in [2.05, 4.69) is 9.72 Å². The highest BCUT2D eigenvalue weighted by Crippen LogP contribution is 2.34. The second-order valence-corrected chi connectivity index (χ2v) is 3.97. The van der Waals surface area contributed by atoms with Crippen LogP contribution in [-0.4, -0.2) is 23.2 Å². The summed E-state index contributed by atoms with van der Waals surface area (Å²) < 4.78 is 4.51. The van der Waals surface area contributed by atoms with E-state index in [0.29, 0.717) is 20.9 Å². The van der Waals surface area contributed by atoms with Crippen molar-refractivity contribution in [3.63, 3.8) is 0 Å². The minimum absolute atomic E-state index is 0.0177. The average Bonchev–Trinajstić information content (AvgIpc) is 2.56. The molecule has 0 amide bonds. The van der Waals surface area contributed by atoms with Gasteiger partial charge in [0.15, 0.2) is 11.4 Å². The van der Waals surface area contributed by atoms with Crippen LogP contribution in [-0.2, 0) is 4.74 Å². The Labute approximate surface area is 101 Å². The normalized spacial score (nSPS) is 10.7. The van der Waals surface area contributed by atoms with Crippen LogP contribution in [0.4, 0.5) is 0 Å². The maximum atomic E-state index is 11.3. The molecule has 1 aromatic carbocycles. The number of aromatic nitrogens is 1. The fourth-order valence-electron chi connectivity index (χ4n) is 1.42. The molecule has 84 valence electrons. The van der Waals surface area contributed by atoms with Gasteiger partial charge in [0.05, 0.1) is 22.7 Å². The Morgan fingerprint density at radius 1 is 1.38 bits per heavy atom. The zero-order valence-electron chi connectivity index (χ0n) is 8.17. The summed E-state index contributed by atoms with van der Waals surface area (Å²) in [5.74, 6) is -0.846. The van der Waals surface area contributed by atoms with E-state index in [-0.39, 0.29) is 11.4 Å². The third-order valence-corrected chi connectivity index (χ3v) is 2.92. The van der Waals surface area contributed by atoms with Crippen LogP contribution < -0.4 is 0 Å². The third-order valence-electron chi connectivity index (χ3n) is 2.20. The number of esters is 1. The predicted octanol–water partition coefficient (Wildman–Crippen LogP) is 2.97. The number of aromatic hydroxyl groups is 1. The van der Waals surface area contributed by atoms with Gasteiger partial charge in [0.2, 0.25) is 0 Å². The van der Waals surface area contributed by atoms with E-state index >= 15 is 0 Å². The lowest BCUT2D eigenvalue weighted by atomic mass is 10.2. The Hall–Kier alpha value is -1.39. The highest BCUT2D eigenvalue weighted by Gasteiger charge is 2.18. The van der Waals surface area contributed by atoms with E-state index in [4.69, 9.17) is 23.2 Å². The van der Waals surface area contributed by atoms with Crippen molar-refractivity contribution in [2.24, 2.45) is 0 Å². The van der Waals surface area contributed by atoms with Crippen LogP contribution in [0.1, 0.15) is 10.5 Å². The van der Waals surface area contributed by atoms with Gasteiger partial charge in [0.25, 0.3) is 0 Å². The van der Waals surface area contributed by atoms with Crippen molar-refractivity contribution in [3.05, 3.63) is 27.9 Å². The van der Waals surface area contributed by atoms with Crippen LogP contribution in [0.5, 0.6) is 5.75 Å². The zero-order chi connectivity index (χ0) is 11.9. The average molecular weight is 260 g/mol. The van der Waals surface area contributed by atoms with Gasteiger partial charge in [-0.1, -0.05) is 23.2 Å². The highest BCUT2D eigenvalue weighted by atomic mass is 35.5. The van der Waals surface area contributed by atoms with E-state index < -0.39 is 5.97 Å². The first-order valence-corrected chi connectivity index (χ1v) is 5.08. The van der Waals surface area contributed by atoms with E-state index in [1.807, 2.05) is 0 Å². The first kappa shape index (κ1) is 11.1. The van der Waals surface area contributed by atoms with Crippen LogP contribution >= 0.6 is 23.2 Å². The molecular weight excluding hydrogens is 253 g/mol. The number of methoxy groups -OCH3 is 1. The van der Waals surface area contributed by atoms with Gasteiger partial charge in [-0.3, -0.25) is 0 Å². The molecular formula is C10H7Cl2NO3. The summed E-state index contributed by atoms with van der Waals surface area (Å²) in [6.45, 7) is 0. The Morgan fingerprint density at radius 2 is 2.00 bits per heavy atom. The number of carbonyl (C=O) groups excluding carboxylic acids is 1. The molecule has 0 aliphatic carbocycles. The second-order valence-electron chi connectivity index (χ2n) is 3.15. The van der Waals surface area contributed by atoms with Crippen LogP contribution in [0.3, 0.4) is 0 Å². The molecule has 16 heavy (non-hydrogen) atoms. The molecule has 4 nitrogen and oxygen atoms in total. The van der Waals surface area contributed by atoms with Crippen LogP contribution in [0, 0.1) is 0 Å². The Balaban J connectivity index is 2.73. The van der Waals surface area contributed by atoms with Gasteiger partial charge in [0.1, 0.15) is 0 Å². The van der Waals surface area contributed by atoms with E-state index in [9.17, 15) is 9.90 Å². The number of ether oxygens (including phenoxy) is 1. The SMILES string of the molecule is COC(=O)c1[nH]c2cc(Cl)c(Cl)cc2c1O. The van der Waals surface area contributed by atoms with E-state index in [1.54, 1.807) is 0 Å². The summed E-state index contributed by atoms with van der Waals surface area (Å²) in [6, 6.07) is 3.02. The van der Waals surface area contributed by atoms with Gasteiger partial charge in [0, 0.05) is 5.39 Å². The quantitative estimate of drug-likeness (QED) is 0.775. The summed E-state index contributed by atoms with van der Waals surface area (Å²) in [4.78, 5) is 14.0. The van der Waals surface area contributed by atoms with Crippen molar-refractivity contribution in [2.75, 3.05) is 7.11 Å². The van der Waals surface area contributed by atoms with Crippen molar-refractivity contribution >= 4 is 40.1 Å². The summed E-state index contributed by atoms with van der Waals surface area (Å²) in [6.07, 6.45) is 0. The number of aromatic amines is 1. The summed E-state index contributed by atoms with van der Waals surface area (Å²) in [7, 11) is 1.23. The van der Waals surface area contributed by atoms with Crippen molar-refractivity contribution in [1.82, 2.24) is 4.98 Å². The molecule has 2 rings (SSSR count). The van der Waals surface area contributed by atoms with Gasteiger partial charge < -0.3 is 14.8 Å². The summed E-state index contributed by atoms with van der Waals surface area (Å²) in [5.41, 5.74) is 0.503. The molecule has 1 aromatic heterocycles. The van der Waals surface area contributed by atoms with E-state index in [1.165, 1.54) is 19.2 Å². The molecule has 0 atom stereocenters. The van der Waals surface area contributed by atoms with Gasteiger partial charge in [-0.05, 0) is 12.1 Å². The Bertz CT molecular complexity index is 577. The number of halogens is 2. The number of hydrogen-bond donors (Lipinski definition) is 2. The molecule has 1 heterocycles. The smallest absolute Gasteiger partial charge is 0.358 e. The summed E-state index contributed by atoms with van der Waals surface area (Å²) >= 11 is 11.6. The third kappa shape index (κ3) is 1.60. The summed E-state index contributed by atoms with van der Waals surface area (Å²) in [5, 5.41) is 10.8. The van der Waals surface area contributed by atoms with Crippen LogP contribution in [0.15, 0.2) is 12.1 Å². The maximum Gasteiger partial charge on any atom is 0.358 e. The molecule has 0 saturated heterocycles. The minimum atomic E-state index is -0.652. The lowest BCUT2D eigenvalue weighted by Crippen LogP contribution is -2.01. The van der Waals surface area contributed by atoms with Crippen molar-refractivity contribution in [2.45, 2.75) is 0 Å². The number of benzene rings is 1. The number of fused-ring (bicyclic) bond motifs is 1. The number of carbonyl (C=O) groups is 1. The fourth-order valence-corrected chi connectivity index (χ4v) is 1.75. The highest BCUT2D eigenvalue weighted by molar-refractivity contribution is 6.42. The Kier molecular flexibility index (Phi) is 2.69. The molecule has 0 aliphatic heterocycles. The zero-order valence-corrected chi connectivity index (χ0v) is 9.69. The number of nitrogens with one attached hydrogen (secondary N) is 1. The number of hydrogen-bond acceptors (Lipinski definition) is 3. The molecule has 0 saturated carbocycles. The molecule has 0 unspecified atom stereocenters. The molecule has 6 heteroatoms.